The third kappa shape index (κ3) is 3.95. The predicted molar refractivity (Wildman–Crippen MR) is 67.7 cm³/mol. The summed E-state index contributed by atoms with van der Waals surface area (Å²) in [4.78, 5) is 10.5. The Hall–Kier alpha value is 1.22. The van der Waals surface area contributed by atoms with E-state index in [0.717, 1.165) is 0 Å². The molecule has 2 nitrogen and oxygen atoms in total. The van der Waals surface area contributed by atoms with Gasteiger partial charge in [-0.3, -0.25) is 4.79 Å². The lowest BCUT2D eigenvalue weighted by Crippen LogP contribution is -2.35. The molecule has 0 rings (SSSR count). The van der Waals surface area contributed by atoms with Crippen LogP contribution in [-0.4, -0.2) is 31.4 Å². The Morgan fingerprint density at radius 2 is 1.42 bits per heavy atom. The van der Waals surface area contributed by atoms with Crippen LogP contribution >= 0.6 is 63.1 Å². The number of carboxylic acids is 1. The second-order valence-corrected chi connectivity index (χ2v) is 5.45. The van der Waals surface area contributed by atoms with Crippen LogP contribution in [0.15, 0.2) is 0 Å². The molecular weight excluding hydrogens is 252 g/mol. The van der Waals surface area contributed by atoms with Gasteiger partial charge >= 0.3 is 5.97 Å². The molecule has 12 heavy (non-hydrogen) atoms. The van der Waals surface area contributed by atoms with Crippen LogP contribution in [0.3, 0.4) is 0 Å². The fourth-order valence-corrected chi connectivity index (χ4v) is 1.94. The average Bonchev–Trinajstić information content (AvgIpc) is 2.00. The molecule has 3 atom stereocenters. The molecule has 0 aromatic heterocycles. The third-order valence-electron chi connectivity index (χ3n) is 1.23. The quantitative estimate of drug-likeness (QED) is 0.340. The van der Waals surface area contributed by atoms with Crippen LogP contribution < -0.4 is 0 Å². The van der Waals surface area contributed by atoms with Gasteiger partial charge in [0.2, 0.25) is 0 Å². The van der Waals surface area contributed by atoms with Gasteiger partial charge in [-0.05, 0) is 0 Å². The maximum Gasteiger partial charge on any atom is 0.317 e. The molecule has 3 unspecified atom stereocenters. The maximum absolute atomic E-state index is 10.5. The number of carbonyl (C=O) groups is 1. The summed E-state index contributed by atoms with van der Waals surface area (Å²) in [5, 5.41) is 6.93. The minimum absolute atomic E-state index is 0.315. The molecule has 0 amide bonds. The molecule has 0 radical (unpaired) electrons. The van der Waals surface area contributed by atoms with Crippen molar-refractivity contribution in [1.29, 1.82) is 0 Å². The van der Waals surface area contributed by atoms with Crippen molar-refractivity contribution in [2.75, 3.05) is 0 Å². The van der Waals surface area contributed by atoms with Gasteiger partial charge < -0.3 is 5.11 Å². The van der Waals surface area contributed by atoms with E-state index >= 15 is 0 Å². The summed E-state index contributed by atoms with van der Waals surface area (Å²) in [5.74, 6) is -1.01. The Bertz CT molecular complexity index is 162. The summed E-state index contributed by atoms with van der Waals surface area (Å²) < 4.78 is -0.315. The van der Waals surface area contributed by atoms with Gasteiger partial charge in [0, 0.05) is 10.5 Å². The van der Waals surface area contributed by atoms with E-state index in [1.54, 1.807) is 0 Å². The Morgan fingerprint density at radius 1 is 1.00 bits per heavy atom. The predicted octanol–water partition coefficient (Wildman–Crippen LogP) is 1.15. The first-order chi connectivity index (χ1) is 5.37. The Kier molecular flexibility index (Phi) is 6.44. The van der Waals surface area contributed by atoms with Crippen molar-refractivity contribution in [3.05, 3.63) is 0 Å². The standard InChI is InChI=1S/C5H10O2S5/c6-4(7)2(9)1(8)3(10)5(11)12/h1-3,5,8-12H,(H,6,7). The number of thiol groups is 5. The molecule has 0 saturated carbocycles. The largest absolute Gasteiger partial charge is 0.480 e. The second-order valence-electron chi connectivity index (χ2n) is 2.18. The molecule has 0 bridgehead atoms. The first-order valence-electron chi connectivity index (χ1n) is 3.01. The molecule has 72 valence electrons. The zero-order valence-electron chi connectivity index (χ0n) is 5.90. The summed E-state index contributed by atoms with van der Waals surface area (Å²) in [6.07, 6.45) is 0. The van der Waals surface area contributed by atoms with E-state index < -0.39 is 16.5 Å². The smallest absolute Gasteiger partial charge is 0.317 e. The number of hydrogen-bond donors (Lipinski definition) is 6. The first kappa shape index (κ1) is 13.2. The molecule has 0 aliphatic heterocycles. The van der Waals surface area contributed by atoms with E-state index in [1.807, 2.05) is 0 Å². The van der Waals surface area contributed by atoms with Gasteiger partial charge in [0.25, 0.3) is 0 Å². The van der Waals surface area contributed by atoms with Gasteiger partial charge in [-0.2, -0.15) is 63.1 Å². The molecule has 0 fully saturated rings. The van der Waals surface area contributed by atoms with E-state index in [1.165, 1.54) is 0 Å². The fraction of sp³-hybridized carbons (Fsp3) is 0.800. The van der Waals surface area contributed by atoms with Gasteiger partial charge in [0.1, 0.15) is 5.25 Å². The fourth-order valence-electron chi connectivity index (χ4n) is 0.509. The normalized spacial score (nSPS) is 18.8. The van der Waals surface area contributed by atoms with Crippen molar-refractivity contribution >= 4 is 69.1 Å². The summed E-state index contributed by atoms with van der Waals surface area (Å²) in [6, 6.07) is 0. The first-order valence-corrected chi connectivity index (χ1v) is 5.59. The summed E-state index contributed by atoms with van der Waals surface area (Å²) in [5.41, 5.74) is 0. The zero-order valence-corrected chi connectivity index (χ0v) is 10.4. The third-order valence-corrected chi connectivity index (χ3v) is 4.60. The van der Waals surface area contributed by atoms with Crippen LogP contribution in [0.5, 0.6) is 0 Å². The van der Waals surface area contributed by atoms with Crippen LogP contribution in [0.2, 0.25) is 0 Å². The van der Waals surface area contributed by atoms with Gasteiger partial charge in [0.05, 0.1) is 4.58 Å². The van der Waals surface area contributed by atoms with Crippen molar-refractivity contribution < 1.29 is 9.90 Å². The Labute approximate surface area is 98.9 Å². The van der Waals surface area contributed by atoms with Crippen LogP contribution in [0.25, 0.3) is 0 Å². The lowest BCUT2D eigenvalue weighted by atomic mass is 10.2. The summed E-state index contributed by atoms with van der Waals surface area (Å²) >= 11 is 20.1. The van der Waals surface area contributed by atoms with Gasteiger partial charge in [0.15, 0.2) is 0 Å². The van der Waals surface area contributed by atoms with Gasteiger partial charge in [-0.15, -0.1) is 0 Å². The van der Waals surface area contributed by atoms with Crippen LogP contribution in [0.1, 0.15) is 0 Å². The maximum atomic E-state index is 10.5. The molecule has 0 aromatic rings. The van der Waals surface area contributed by atoms with Crippen molar-refractivity contribution in [3.8, 4) is 0 Å². The summed E-state index contributed by atoms with van der Waals surface area (Å²) in [6.45, 7) is 0. The van der Waals surface area contributed by atoms with Crippen molar-refractivity contribution in [1.82, 2.24) is 0 Å². The van der Waals surface area contributed by atoms with E-state index in [0.29, 0.717) is 0 Å². The van der Waals surface area contributed by atoms with Crippen molar-refractivity contribution in [2.45, 2.75) is 20.3 Å². The summed E-state index contributed by atoms with van der Waals surface area (Å²) in [7, 11) is 0. The second kappa shape index (κ2) is 5.85. The number of rotatable bonds is 4. The molecule has 0 aliphatic rings. The zero-order chi connectivity index (χ0) is 9.89. The minimum Gasteiger partial charge on any atom is -0.480 e. The lowest BCUT2D eigenvalue weighted by Gasteiger charge is -2.22. The molecule has 0 aliphatic carbocycles. The van der Waals surface area contributed by atoms with Crippen LogP contribution in [-0.2, 0) is 4.79 Å². The number of aliphatic carboxylic acids is 1. The number of carboxylic acid groups (broad SMARTS) is 1. The Morgan fingerprint density at radius 3 is 1.67 bits per heavy atom. The molecule has 1 N–H and O–H groups in total. The highest BCUT2D eigenvalue weighted by molar-refractivity contribution is 8.01. The monoisotopic (exact) mass is 262 g/mol. The average molecular weight is 262 g/mol. The SMILES string of the molecule is O=C(O)C(S)C(S)C(S)C(S)S. The van der Waals surface area contributed by atoms with E-state index in [9.17, 15) is 4.79 Å². The number of hydrogen-bond acceptors (Lipinski definition) is 6. The van der Waals surface area contributed by atoms with E-state index in [2.05, 4.69) is 63.1 Å². The van der Waals surface area contributed by atoms with Crippen molar-refractivity contribution in [2.24, 2.45) is 0 Å². The van der Waals surface area contributed by atoms with Crippen LogP contribution in [0, 0.1) is 0 Å². The molecule has 0 saturated heterocycles. The van der Waals surface area contributed by atoms with Gasteiger partial charge in [-0.25, -0.2) is 0 Å². The molecular formula is C5H10O2S5. The highest BCUT2D eigenvalue weighted by Crippen LogP contribution is 2.24. The lowest BCUT2D eigenvalue weighted by molar-refractivity contribution is -0.136. The molecule has 0 heterocycles. The molecule has 0 aromatic carbocycles. The van der Waals surface area contributed by atoms with Crippen LogP contribution in [0.4, 0.5) is 0 Å². The molecule has 0 spiro atoms. The highest BCUT2D eigenvalue weighted by Gasteiger charge is 2.29. The van der Waals surface area contributed by atoms with Gasteiger partial charge in [-0.1, -0.05) is 0 Å². The Balaban J connectivity index is 4.18. The highest BCUT2D eigenvalue weighted by atomic mass is 32.2. The van der Waals surface area contributed by atoms with E-state index in [-0.39, 0.29) is 9.83 Å². The topological polar surface area (TPSA) is 37.3 Å². The minimum atomic E-state index is -1.01. The molecule has 7 heteroatoms. The van der Waals surface area contributed by atoms with E-state index in [4.69, 9.17) is 5.11 Å². The van der Waals surface area contributed by atoms with Crippen molar-refractivity contribution in [3.63, 3.8) is 0 Å².